The summed E-state index contributed by atoms with van der Waals surface area (Å²) in [5.41, 5.74) is 0. The van der Waals surface area contributed by atoms with Gasteiger partial charge in [0.2, 0.25) is 17.7 Å². The van der Waals surface area contributed by atoms with E-state index in [-0.39, 0.29) is 0 Å². The molecule has 0 radical (unpaired) electrons. The van der Waals surface area contributed by atoms with Crippen molar-refractivity contribution in [3.8, 4) is 0 Å². The summed E-state index contributed by atoms with van der Waals surface area (Å²) in [6, 6.07) is -5.74. The third kappa shape index (κ3) is 19.4. The maximum Gasteiger partial charge on any atom is 0.217 e. The minimum Gasteiger partial charge on any atom is -0.394 e. The molecule has 49 nitrogen and oxygen atoms in total. The summed E-state index contributed by atoms with van der Waals surface area (Å²) in [5, 5.41) is 292. The molecule has 0 aliphatic carbocycles. The fraction of sp³-hybridized carbons (Fsp3) is 0.950. The molecule has 49 heteroatoms. The standard InChI is InChI=1S/C60H101N3O46/c1-13(73)61-25-33(81)44(102-57-41(89)49(30(78)18(6-66)95-57)107-54-27(63-15(3)75)35(83)46(24(12-72)101-54)104-59-43(91)51(32(80)20(8-68)97-59)109-56-39(87)36(84)28(76)16(4-64)94-56)22(10-70)99-53(25)106-48-29(77)17(5-65)96-58(40(48)88)103-45-23(11-71)100-55(26(34(45)82)62-14(2)74)108-50-31(79)19(7-67)98-60(42(50)90)105-47-21(9-69)93-52(92)38(86)37(47)85/h16-60,64-72,76-92H,4-12H2,1-3H3,(H,61,73)(H,62,74)(H,63,75)/t16-,17-,18-,19-,20-,21-,22-,23-,24-,25-,26-,27-,28+,29+,30+,31+,32+,33-,34-,35-,36+,37-,38-,39-,40-,41-,42-,43-,44-,45-,46-,47-,48+,49+,50+,51+,52+,53+,54+,55+,56-,57+,58+,59+,60+/m1/s1. The number of carbonyl (C=O) groups excluding carboxylic acids is 3. The average Bonchev–Trinajstić information content (AvgIpc) is 0.771. The summed E-state index contributed by atoms with van der Waals surface area (Å²) >= 11 is 0. The molecule has 3 amide bonds. The molecule has 9 saturated heterocycles. The van der Waals surface area contributed by atoms with Gasteiger partial charge in [0.25, 0.3) is 0 Å². The molecule has 0 aromatic heterocycles. The summed E-state index contributed by atoms with van der Waals surface area (Å²) in [5.74, 6) is -2.80. The molecule has 0 spiro atoms. The SMILES string of the molecule is CC(=O)N[C@H]1[C@H](O[C@H]2[C@@H](O)[C@@H](CO)O[C@@H](O[C@H]3[C@H](O)[C@@H](O)[C@@H](O)O[C@@H]3CO)[C@@H]2O)O[C@H](CO)[C@@H](O[C@@H]2O[C@H](CO)[C@H](O)[C@H](O[C@@H]3O[C@H](CO)[C@@H](O[C@@H]4O[C@H](CO)[C@H](O)[C@H](O[C@@H]5O[C@H](CO)[C@@H](O[C@@H]6O[C@H](CO)[C@H](O)[C@H](O[C@H]7O[C@H](CO)[C@H](O)[C@H](O)[C@H]7O)[C@H]6O)[C@H](O)[C@H]5NC(C)=O)[C@H]4O)[C@H](O)[C@H]3NC(C)=O)[C@H]2O)[C@@H]1O. The Morgan fingerprint density at radius 1 is 0.220 bits per heavy atom. The molecule has 0 aromatic rings. The first-order chi connectivity index (χ1) is 51.6. The summed E-state index contributed by atoms with van der Waals surface area (Å²) in [7, 11) is 0. The summed E-state index contributed by atoms with van der Waals surface area (Å²) < 4.78 is 98.1. The van der Waals surface area contributed by atoms with E-state index < -0.39 is 353 Å². The Bertz CT molecular complexity index is 2840. The van der Waals surface area contributed by atoms with Crippen molar-refractivity contribution in [3.05, 3.63) is 0 Å². The van der Waals surface area contributed by atoms with E-state index in [1.54, 1.807) is 0 Å². The Kier molecular flexibility index (Phi) is 32.1. The van der Waals surface area contributed by atoms with Crippen LogP contribution in [-0.2, 0) is 94.9 Å². The van der Waals surface area contributed by atoms with Crippen molar-refractivity contribution in [3.63, 3.8) is 0 Å². The second-order valence-electron chi connectivity index (χ2n) is 27.4. The van der Waals surface area contributed by atoms with Gasteiger partial charge >= 0.3 is 0 Å². The highest BCUT2D eigenvalue weighted by atomic mass is 16.8. The van der Waals surface area contributed by atoms with Gasteiger partial charge in [-0.3, -0.25) is 14.4 Å². The number of ether oxygens (including phenoxy) is 17. The van der Waals surface area contributed by atoms with Crippen molar-refractivity contribution in [1.29, 1.82) is 0 Å². The highest BCUT2D eigenvalue weighted by Crippen LogP contribution is 2.40. The quantitative estimate of drug-likeness (QED) is 0.0346. The van der Waals surface area contributed by atoms with Crippen molar-refractivity contribution in [1.82, 2.24) is 16.0 Å². The van der Waals surface area contributed by atoms with Gasteiger partial charge in [-0.05, 0) is 0 Å². The molecule has 29 N–H and O–H groups in total. The van der Waals surface area contributed by atoms with Crippen molar-refractivity contribution in [2.24, 2.45) is 0 Å². The molecule has 9 heterocycles. The predicted octanol–water partition coefficient (Wildman–Crippen LogP) is -20.2. The van der Waals surface area contributed by atoms with E-state index >= 15 is 0 Å². The van der Waals surface area contributed by atoms with Gasteiger partial charge in [-0.1, -0.05) is 0 Å². The number of hydrogen-bond donors (Lipinski definition) is 29. The van der Waals surface area contributed by atoms with E-state index in [0.29, 0.717) is 0 Å². The first-order valence-corrected chi connectivity index (χ1v) is 34.7. The zero-order valence-corrected chi connectivity index (χ0v) is 58.1. The van der Waals surface area contributed by atoms with E-state index in [2.05, 4.69) is 16.0 Å². The second kappa shape index (κ2) is 39.1. The molecular formula is C60H101N3O46. The molecular weight excluding hydrogens is 1500 g/mol. The molecule has 632 valence electrons. The van der Waals surface area contributed by atoms with E-state index in [4.69, 9.17) is 80.5 Å². The van der Waals surface area contributed by atoms with Crippen LogP contribution in [0.25, 0.3) is 0 Å². The Morgan fingerprint density at radius 2 is 0.422 bits per heavy atom. The van der Waals surface area contributed by atoms with Crippen molar-refractivity contribution >= 4 is 17.7 Å². The smallest absolute Gasteiger partial charge is 0.217 e. The van der Waals surface area contributed by atoms with E-state index in [9.17, 15) is 147 Å². The van der Waals surface area contributed by atoms with Gasteiger partial charge in [-0.15, -0.1) is 0 Å². The van der Waals surface area contributed by atoms with Crippen molar-refractivity contribution in [2.75, 3.05) is 59.5 Å². The lowest BCUT2D eigenvalue weighted by molar-refractivity contribution is -0.391. The van der Waals surface area contributed by atoms with Gasteiger partial charge in [-0.25, -0.2) is 0 Å². The average molecular weight is 1600 g/mol. The fourth-order valence-electron chi connectivity index (χ4n) is 14.2. The Balaban J connectivity index is 0.893. The molecule has 9 aliphatic heterocycles. The van der Waals surface area contributed by atoms with Gasteiger partial charge in [-0.2, -0.15) is 0 Å². The van der Waals surface area contributed by atoms with Crippen molar-refractivity contribution < 1.29 is 228 Å². The number of amides is 3. The number of nitrogens with one attached hydrogen (secondary N) is 3. The minimum absolute atomic E-state index is 0.912. The van der Waals surface area contributed by atoms with Crippen LogP contribution >= 0.6 is 0 Å². The van der Waals surface area contributed by atoms with Gasteiger partial charge < -0.3 is 229 Å². The maximum atomic E-state index is 13.0. The summed E-state index contributed by atoms with van der Waals surface area (Å²) in [6.45, 7) is -6.77. The summed E-state index contributed by atoms with van der Waals surface area (Å²) in [4.78, 5) is 38.6. The largest absolute Gasteiger partial charge is 0.394 e. The third-order valence-corrected chi connectivity index (χ3v) is 20.0. The highest BCUT2D eigenvalue weighted by molar-refractivity contribution is 5.74. The third-order valence-electron chi connectivity index (χ3n) is 20.0. The van der Waals surface area contributed by atoms with Gasteiger partial charge in [0.1, 0.15) is 220 Å². The van der Waals surface area contributed by atoms with Crippen LogP contribution in [0.5, 0.6) is 0 Å². The lowest BCUT2D eigenvalue weighted by Crippen LogP contribution is -2.71. The first-order valence-electron chi connectivity index (χ1n) is 34.7. The molecule has 109 heavy (non-hydrogen) atoms. The molecule has 0 bridgehead atoms. The number of aliphatic hydroxyl groups is 26. The van der Waals surface area contributed by atoms with Crippen LogP contribution in [0, 0.1) is 0 Å². The minimum atomic E-state index is -2.35. The normalized spacial score (nSPS) is 50.0. The lowest BCUT2D eigenvalue weighted by Gasteiger charge is -2.51. The number of carbonyl (C=O) groups is 3. The summed E-state index contributed by atoms with van der Waals surface area (Å²) in [6.07, 6.45) is -84.7. The Labute approximate surface area is 616 Å². The van der Waals surface area contributed by atoms with E-state index in [1.807, 2.05) is 0 Å². The Morgan fingerprint density at radius 3 is 0.670 bits per heavy atom. The van der Waals surface area contributed by atoms with Crippen LogP contribution in [0.15, 0.2) is 0 Å². The zero-order valence-electron chi connectivity index (χ0n) is 58.1. The van der Waals surface area contributed by atoms with E-state index in [1.165, 1.54) is 0 Å². The van der Waals surface area contributed by atoms with Gasteiger partial charge in [0, 0.05) is 20.8 Å². The number of aliphatic hydroxyl groups excluding tert-OH is 26. The van der Waals surface area contributed by atoms with Gasteiger partial charge in [0.15, 0.2) is 56.6 Å². The monoisotopic (exact) mass is 1600 g/mol. The van der Waals surface area contributed by atoms with Crippen LogP contribution < -0.4 is 16.0 Å². The molecule has 9 fully saturated rings. The van der Waals surface area contributed by atoms with Crippen LogP contribution in [-0.4, -0.2) is 486 Å². The fourth-order valence-corrected chi connectivity index (χ4v) is 14.2. The van der Waals surface area contributed by atoms with Crippen molar-refractivity contribution in [2.45, 2.75) is 297 Å². The molecule has 9 aliphatic rings. The molecule has 45 atom stereocenters. The van der Waals surface area contributed by atoms with Crippen LogP contribution in [0.2, 0.25) is 0 Å². The highest BCUT2D eigenvalue weighted by Gasteiger charge is 2.61. The number of hydrogen-bond acceptors (Lipinski definition) is 46. The lowest BCUT2D eigenvalue weighted by atomic mass is 9.93. The maximum absolute atomic E-state index is 13.0. The molecule has 0 unspecified atom stereocenters. The topological polar surface area (TPSA) is 770 Å². The number of rotatable bonds is 28. The van der Waals surface area contributed by atoms with Crippen LogP contribution in [0.1, 0.15) is 20.8 Å². The second-order valence-corrected chi connectivity index (χ2v) is 27.4. The van der Waals surface area contributed by atoms with Crippen LogP contribution in [0.3, 0.4) is 0 Å². The Hall–Kier alpha value is -3.31. The molecule has 9 rings (SSSR count). The zero-order chi connectivity index (χ0) is 80.2. The molecule has 0 aromatic carbocycles. The van der Waals surface area contributed by atoms with E-state index in [0.717, 1.165) is 20.8 Å². The van der Waals surface area contributed by atoms with Gasteiger partial charge in [0.05, 0.1) is 59.5 Å². The van der Waals surface area contributed by atoms with Crippen LogP contribution in [0.4, 0.5) is 0 Å². The molecule has 0 saturated carbocycles. The predicted molar refractivity (Wildman–Crippen MR) is 332 cm³/mol. The first kappa shape index (κ1) is 89.6.